The molecule has 0 fully saturated rings. The SMILES string of the molecule is COCCn1cc(NS(=O)(=O)CCCNC(C)C)cn1. The van der Waals surface area contributed by atoms with Gasteiger partial charge in [-0.15, -0.1) is 0 Å². The molecule has 1 rings (SSSR count). The van der Waals surface area contributed by atoms with E-state index < -0.39 is 10.0 Å². The Bertz CT molecular complexity index is 485. The lowest BCUT2D eigenvalue weighted by molar-refractivity contribution is 0.183. The molecule has 0 atom stereocenters. The molecule has 0 spiro atoms. The minimum absolute atomic E-state index is 0.0932. The van der Waals surface area contributed by atoms with Crippen LogP contribution in [0, 0.1) is 0 Å². The lowest BCUT2D eigenvalue weighted by Crippen LogP contribution is -2.26. The van der Waals surface area contributed by atoms with Crippen molar-refractivity contribution in [1.29, 1.82) is 0 Å². The number of hydrogen-bond donors (Lipinski definition) is 2. The van der Waals surface area contributed by atoms with Gasteiger partial charge in [-0.1, -0.05) is 13.8 Å². The minimum atomic E-state index is -3.31. The summed E-state index contributed by atoms with van der Waals surface area (Å²) in [6, 6.07) is 0.365. The van der Waals surface area contributed by atoms with Gasteiger partial charge in [0.25, 0.3) is 0 Å². The topological polar surface area (TPSA) is 85.2 Å². The molecule has 0 aliphatic carbocycles. The summed E-state index contributed by atoms with van der Waals surface area (Å²) >= 11 is 0. The van der Waals surface area contributed by atoms with Crippen molar-refractivity contribution < 1.29 is 13.2 Å². The van der Waals surface area contributed by atoms with E-state index in [0.29, 0.717) is 37.8 Å². The van der Waals surface area contributed by atoms with Crippen molar-refractivity contribution in [2.24, 2.45) is 0 Å². The summed E-state index contributed by atoms with van der Waals surface area (Å²) in [6.07, 6.45) is 3.73. The molecule has 0 radical (unpaired) electrons. The van der Waals surface area contributed by atoms with E-state index >= 15 is 0 Å². The summed E-state index contributed by atoms with van der Waals surface area (Å²) in [4.78, 5) is 0. The quantitative estimate of drug-likeness (QED) is 0.620. The summed E-state index contributed by atoms with van der Waals surface area (Å²) in [7, 11) is -1.70. The van der Waals surface area contributed by atoms with Crippen LogP contribution in [0.1, 0.15) is 20.3 Å². The average Bonchev–Trinajstić information content (AvgIpc) is 2.79. The molecule has 0 bridgehead atoms. The molecule has 1 aromatic rings. The fourth-order valence-corrected chi connectivity index (χ4v) is 2.70. The molecule has 8 heteroatoms. The van der Waals surface area contributed by atoms with Gasteiger partial charge >= 0.3 is 0 Å². The second-order valence-electron chi connectivity index (χ2n) is 4.87. The van der Waals surface area contributed by atoms with E-state index in [1.807, 2.05) is 13.8 Å². The Morgan fingerprint density at radius 2 is 2.20 bits per heavy atom. The number of methoxy groups -OCH3 is 1. The van der Waals surface area contributed by atoms with Crippen molar-refractivity contribution in [2.75, 3.05) is 30.7 Å². The summed E-state index contributed by atoms with van der Waals surface area (Å²) in [5.74, 6) is 0.0932. The molecular weight excluding hydrogens is 280 g/mol. The van der Waals surface area contributed by atoms with Crippen LogP contribution in [0.4, 0.5) is 5.69 Å². The summed E-state index contributed by atoms with van der Waals surface area (Å²) in [6.45, 7) is 5.87. The van der Waals surface area contributed by atoms with Gasteiger partial charge in [0.2, 0.25) is 10.0 Å². The van der Waals surface area contributed by atoms with Crippen LogP contribution in [-0.4, -0.2) is 50.3 Å². The van der Waals surface area contributed by atoms with Crippen LogP contribution in [0.3, 0.4) is 0 Å². The van der Waals surface area contributed by atoms with Crippen LogP contribution in [0.25, 0.3) is 0 Å². The van der Waals surface area contributed by atoms with Crippen molar-refractivity contribution in [3.63, 3.8) is 0 Å². The van der Waals surface area contributed by atoms with Crippen LogP contribution < -0.4 is 10.0 Å². The molecule has 0 amide bonds. The van der Waals surface area contributed by atoms with E-state index in [1.165, 1.54) is 6.20 Å². The molecule has 20 heavy (non-hydrogen) atoms. The first-order chi connectivity index (χ1) is 9.43. The van der Waals surface area contributed by atoms with Crippen molar-refractivity contribution >= 4 is 15.7 Å². The lowest BCUT2D eigenvalue weighted by atomic mass is 10.4. The maximum Gasteiger partial charge on any atom is 0.232 e. The van der Waals surface area contributed by atoms with Crippen LogP contribution in [0.5, 0.6) is 0 Å². The number of ether oxygens (including phenoxy) is 1. The van der Waals surface area contributed by atoms with E-state index in [1.54, 1.807) is 18.0 Å². The molecule has 0 saturated heterocycles. The number of aromatic nitrogens is 2. The summed E-state index contributed by atoms with van der Waals surface area (Å²) < 4.78 is 32.8. The van der Waals surface area contributed by atoms with Gasteiger partial charge in [-0.3, -0.25) is 9.40 Å². The van der Waals surface area contributed by atoms with E-state index in [-0.39, 0.29) is 5.75 Å². The summed E-state index contributed by atoms with van der Waals surface area (Å²) in [5, 5.41) is 7.24. The van der Waals surface area contributed by atoms with Gasteiger partial charge in [-0.25, -0.2) is 8.42 Å². The predicted molar refractivity (Wildman–Crippen MR) is 79.3 cm³/mol. The largest absolute Gasteiger partial charge is 0.383 e. The van der Waals surface area contributed by atoms with E-state index in [9.17, 15) is 8.42 Å². The Morgan fingerprint density at radius 3 is 2.85 bits per heavy atom. The van der Waals surface area contributed by atoms with Crippen molar-refractivity contribution in [2.45, 2.75) is 32.9 Å². The van der Waals surface area contributed by atoms with E-state index in [4.69, 9.17) is 4.74 Å². The van der Waals surface area contributed by atoms with Gasteiger partial charge in [0.1, 0.15) is 0 Å². The van der Waals surface area contributed by atoms with E-state index in [2.05, 4.69) is 15.1 Å². The predicted octanol–water partition coefficient (Wildman–Crippen LogP) is 0.659. The highest BCUT2D eigenvalue weighted by Gasteiger charge is 2.11. The Hall–Kier alpha value is -1.12. The molecular formula is C12H24N4O3S. The lowest BCUT2D eigenvalue weighted by Gasteiger charge is -2.08. The van der Waals surface area contributed by atoms with Crippen molar-refractivity contribution in [3.8, 4) is 0 Å². The third-order valence-electron chi connectivity index (χ3n) is 2.57. The fourth-order valence-electron chi connectivity index (χ4n) is 1.61. The van der Waals surface area contributed by atoms with E-state index in [0.717, 1.165) is 0 Å². The van der Waals surface area contributed by atoms with Crippen LogP contribution in [-0.2, 0) is 21.3 Å². The maximum absolute atomic E-state index is 11.9. The zero-order valence-electron chi connectivity index (χ0n) is 12.3. The zero-order chi connectivity index (χ0) is 15.0. The van der Waals surface area contributed by atoms with Gasteiger partial charge < -0.3 is 10.1 Å². The molecule has 0 unspecified atom stereocenters. The first-order valence-electron chi connectivity index (χ1n) is 6.68. The molecule has 2 N–H and O–H groups in total. The number of sulfonamides is 1. The second-order valence-corrected chi connectivity index (χ2v) is 6.71. The Morgan fingerprint density at radius 1 is 1.45 bits per heavy atom. The van der Waals surface area contributed by atoms with Gasteiger partial charge in [0.15, 0.2) is 0 Å². The zero-order valence-corrected chi connectivity index (χ0v) is 13.1. The first kappa shape index (κ1) is 16.9. The first-order valence-corrected chi connectivity index (χ1v) is 8.33. The molecule has 7 nitrogen and oxygen atoms in total. The Kier molecular flexibility index (Phi) is 6.97. The number of nitrogens with zero attached hydrogens (tertiary/aromatic N) is 2. The van der Waals surface area contributed by atoms with Gasteiger partial charge in [-0.05, 0) is 13.0 Å². The molecule has 0 aliphatic rings. The normalized spacial score (nSPS) is 12.0. The van der Waals surface area contributed by atoms with Crippen molar-refractivity contribution in [3.05, 3.63) is 12.4 Å². The molecule has 0 saturated carbocycles. The molecule has 1 heterocycles. The monoisotopic (exact) mass is 304 g/mol. The highest BCUT2D eigenvalue weighted by Crippen LogP contribution is 2.08. The maximum atomic E-state index is 11.9. The van der Waals surface area contributed by atoms with Gasteiger partial charge in [-0.2, -0.15) is 5.10 Å². The van der Waals surface area contributed by atoms with Gasteiger partial charge in [0.05, 0.1) is 30.8 Å². The second kappa shape index (κ2) is 8.23. The molecule has 0 aliphatic heterocycles. The summed E-state index contributed by atoms with van der Waals surface area (Å²) in [5.41, 5.74) is 0.484. The number of hydrogen-bond acceptors (Lipinski definition) is 5. The smallest absolute Gasteiger partial charge is 0.232 e. The standard InChI is InChI=1S/C12H24N4O3S/c1-11(2)13-5-4-8-20(17,18)15-12-9-14-16(10-12)6-7-19-3/h9-11,13,15H,4-8H2,1-3H3. The molecule has 0 aromatic carbocycles. The number of nitrogens with one attached hydrogen (secondary N) is 2. The fraction of sp³-hybridized carbons (Fsp3) is 0.750. The highest BCUT2D eigenvalue weighted by molar-refractivity contribution is 7.92. The van der Waals surface area contributed by atoms with Crippen molar-refractivity contribution in [1.82, 2.24) is 15.1 Å². The molecule has 1 aromatic heterocycles. The average molecular weight is 304 g/mol. The molecule has 116 valence electrons. The highest BCUT2D eigenvalue weighted by atomic mass is 32.2. The van der Waals surface area contributed by atoms with Crippen LogP contribution in [0.15, 0.2) is 12.4 Å². The van der Waals surface area contributed by atoms with Crippen LogP contribution >= 0.6 is 0 Å². The van der Waals surface area contributed by atoms with Crippen LogP contribution in [0.2, 0.25) is 0 Å². The Balaban J connectivity index is 2.39. The van der Waals surface area contributed by atoms with Gasteiger partial charge in [0, 0.05) is 19.3 Å². The third kappa shape index (κ3) is 6.88. The Labute approximate surface area is 120 Å². The number of rotatable bonds is 10. The third-order valence-corrected chi connectivity index (χ3v) is 3.95. The number of anilines is 1. The minimum Gasteiger partial charge on any atom is -0.383 e.